The molecule has 0 spiro atoms. The van der Waals surface area contributed by atoms with Crippen molar-refractivity contribution in [3.8, 4) is 85.5 Å². The number of H-pyrrole nitrogens is 4. The van der Waals surface area contributed by atoms with Crippen molar-refractivity contribution in [1.29, 1.82) is 0 Å². The molecule has 16 rings (SSSR count). The number of alkyl halides is 2. The minimum absolute atomic E-state index is 0.0873. The first kappa shape index (κ1) is 84.7. The number of sulfonamides is 2. The Balaban J connectivity index is 0.000000138. The van der Waals surface area contributed by atoms with E-state index >= 15 is 0 Å². The topological polar surface area (TPSA) is 371 Å². The molecule has 1 aliphatic carbocycles. The molecule has 28 nitrogen and oxygen atoms in total. The highest BCUT2D eigenvalue weighted by atomic mass is 32.2. The minimum atomic E-state index is -3.55. The Hall–Kier alpha value is -13.2. The number of benzene rings is 4. The van der Waals surface area contributed by atoms with E-state index in [0.717, 1.165) is 63.0 Å². The van der Waals surface area contributed by atoms with Crippen LogP contribution >= 0.6 is 0 Å². The standard InChI is InChI=1S/C24H25N3O3.C22H21N3O4S.C21H19N3O4S.C20H22F2N4O4S/c1-14-7-6-8-15(2)21(14)30-23-18(12-17(13-26-23)24(4,5)29)19-11-16(3)20-22(28)25-9-10-27(19)20;1-14-6-4-5-7-19(14)29-20-9-8-16(24-30(3,27)28)13-17(20)18-12-15(2)21-22(26)23-10-11-25(18)21;1-14-10-18(24-9-8-23-21(25)20(14)24)17-11-15(13-29(2,26)27)5-6-19(17)28-16-4-3-7-22-12-16;1-12-9-16(26-8-7-23-18(27)17(12)26)15-10-13(25-31(2,28)29)11-24-19(15)30-14-3-5-20(21,22)6-4-14/h6-13,29H,1-5H3,(H,25,28);4-13,24H,1-3H3,(H,23,26);3-12H,13H2,1-2H3,(H,23,25);7-11,14,25H,3-6H2,1-2H3,(H,23,27). The molecule has 1 aliphatic rings. The number of para-hydroxylation sites is 2. The summed E-state index contributed by atoms with van der Waals surface area (Å²) in [6.45, 7) is 16.7. The maximum atomic E-state index is 13.5. The van der Waals surface area contributed by atoms with Crippen LogP contribution in [0.2, 0.25) is 0 Å². The van der Waals surface area contributed by atoms with Crippen molar-refractivity contribution >= 4 is 63.3 Å². The molecule has 0 radical (unpaired) electrons. The van der Waals surface area contributed by atoms with Crippen LogP contribution in [-0.2, 0) is 41.2 Å². The van der Waals surface area contributed by atoms with Crippen molar-refractivity contribution in [3.63, 3.8) is 0 Å². The highest BCUT2D eigenvalue weighted by Gasteiger charge is 2.37. The van der Waals surface area contributed by atoms with Crippen LogP contribution in [0, 0.1) is 48.5 Å². The van der Waals surface area contributed by atoms with Crippen molar-refractivity contribution in [2.75, 3.05) is 28.2 Å². The van der Waals surface area contributed by atoms with Crippen molar-refractivity contribution in [3.05, 3.63) is 293 Å². The van der Waals surface area contributed by atoms with Gasteiger partial charge in [-0.2, -0.15) is 0 Å². The average molecular weight is 1690 g/mol. The van der Waals surface area contributed by atoms with Gasteiger partial charge < -0.3 is 61.6 Å². The monoisotopic (exact) mass is 1690 g/mol. The van der Waals surface area contributed by atoms with Gasteiger partial charge in [0.25, 0.3) is 22.2 Å². The van der Waals surface area contributed by atoms with Gasteiger partial charge in [-0.1, -0.05) is 42.5 Å². The lowest BCUT2D eigenvalue weighted by Crippen LogP contribution is -2.31. The summed E-state index contributed by atoms with van der Waals surface area (Å²) in [6.07, 6.45) is 22.2. The summed E-state index contributed by atoms with van der Waals surface area (Å²) in [7, 11) is -10.2. The second-order valence-corrected chi connectivity index (χ2v) is 35.7. The number of nitrogens with zero attached hydrogens (tertiary/aromatic N) is 7. The first-order chi connectivity index (χ1) is 56.7. The van der Waals surface area contributed by atoms with Crippen LogP contribution in [0.5, 0.6) is 40.5 Å². The lowest BCUT2D eigenvalue weighted by Gasteiger charge is -2.28. The Kier molecular flexibility index (Phi) is 24.0. The van der Waals surface area contributed by atoms with Crippen LogP contribution < -0.4 is 50.6 Å². The first-order valence-electron chi connectivity index (χ1n) is 37.8. The molecule has 1 fully saturated rings. The molecule has 0 saturated heterocycles. The maximum Gasteiger partial charge on any atom is 0.272 e. The van der Waals surface area contributed by atoms with Gasteiger partial charge in [-0.25, -0.2) is 44.0 Å². The third kappa shape index (κ3) is 19.5. The Bertz CT molecular complexity index is 7040. The average Bonchev–Trinajstić information content (AvgIpc) is 1.63. The van der Waals surface area contributed by atoms with E-state index in [4.69, 9.17) is 18.9 Å². The summed E-state index contributed by atoms with van der Waals surface area (Å²) in [5.74, 6) is 0.911. The van der Waals surface area contributed by atoms with E-state index in [1.807, 2.05) is 113 Å². The van der Waals surface area contributed by atoms with Crippen molar-refractivity contribution < 1.29 is 58.1 Å². The lowest BCUT2D eigenvalue weighted by molar-refractivity contribution is -0.0587. The number of aryl methyl sites for hydroxylation is 7. The summed E-state index contributed by atoms with van der Waals surface area (Å²) in [4.78, 5) is 72.8. The van der Waals surface area contributed by atoms with E-state index in [9.17, 15) is 58.3 Å². The molecule has 4 aromatic carbocycles. The van der Waals surface area contributed by atoms with Gasteiger partial charge >= 0.3 is 0 Å². The number of aromatic amines is 4. The predicted molar refractivity (Wildman–Crippen MR) is 458 cm³/mol. The number of anilines is 2. The van der Waals surface area contributed by atoms with E-state index in [1.54, 1.807) is 157 Å². The number of nitrogens with one attached hydrogen (secondary N) is 6. The zero-order chi connectivity index (χ0) is 86.1. The molecule has 7 N–H and O–H groups in total. The Morgan fingerprint density at radius 2 is 0.933 bits per heavy atom. The smallest absolute Gasteiger partial charge is 0.272 e. The number of rotatable bonds is 19. The van der Waals surface area contributed by atoms with E-state index < -0.39 is 47.5 Å². The number of fused-ring (bicyclic) bond motifs is 4. The van der Waals surface area contributed by atoms with Gasteiger partial charge in [-0.15, -0.1) is 0 Å². The molecule has 15 aromatic rings. The SMILES string of the molecule is Cc1cc(-c2cc(CS(C)(=O)=O)ccc2Oc2cccnc2)n2cc[nH]c(=O)c12.Cc1cc(-c2cc(NS(C)(=O)=O)cnc2OC2CCC(F)(F)CC2)n2cc[nH]c(=O)c12.Cc1cccc(C)c1Oc1ncc(C(C)(C)O)cc1-c1cc(C)c2c(=O)[nH]ccn12.Cc1ccccc1Oc1ccc(NS(C)(=O)=O)cc1-c1cc(C)c2c(=O)[nH]ccn12. The molecule has 0 atom stereocenters. The molecule has 1 saturated carbocycles. The van der Waals surface area contributed by atoms with Crippen LogP contribution in [0.3, 0.4) is 0 Å². The summed E-state index contributed by atoms with van der Waals surface area (Å²) in [5.41, 5.74) is 13.5. The predicted octanol–water partition coefficient (Wildman–Crippen LogP) is 15.4. The van der Waals surface area contributed by atoms with E-state index in [2.05, 4.69) is 44.3 Å². The second kappa shape index (κ2) is 34.0. The molecule has 622 valence electrons. The molecule has 0 unspecified atom stereocenters. The van der Waals surface area contributed by atoms with Crippen LogP contribution in [0.1, 0.15) is 89.6 Å². The summed E-state index contributed by atoms with van der Waals surface area (Å²) < 4.78 is 134. The van der Waals surface area contributed by atoms with Crippen molar-refractivity contribution in [2.45, 2.75) is 111 Å². The number of hydrogen-bond acceptors (Lipinski definition) is 18. The van der Waals surface area contributed by atoms with Crippen molar-refractivity contribution in [2.24, 2.45) is 0 Å². The van der Waals surface area contributed by atoms with Gasteiger partial charge in [0, 0.05) is 103 Å². The minimum Gasteiger partial charge on any atom is -0.474 e. The molecule has 0 amide bonds. The van der Waals surface area contributed by atoms with Crippen LogP contribution in [0.4, 0.5) is 20.2 Å². The van der Waals surface area contributed by atoms with Gasteiger partial charge in [-0.3, -0.25) is 33.6 Å². The number of aliphatic hydroxyl groups is 1. The zero-order valence-corrected chi connectivity index (χ0v) is 69.9. The van der Waals surface area contributed by atoms with E-state index in [1.165, 1.54) is 18.6 Å². The Morgan fingerprint density at radius 1 is 0.483 bits per heavy atom. The lowest BCUT2D eigenvalue weighted by atomic mass is 9.94. The molecule has 120 heavy (non-hydrogen) atoms. The Labute approximate surface area is 688 Å². The molecule has 11 heterocycles. The molecular weight excluding hydrogens is 1600 g/mol. The molecule has 0 aliphatic heterocycles. The first-order valence-corrected chi connectivity index (χ1v) is 43.6. The third-order valence-corrected chi connectivity index (χ3v) is 21.9. The highest BCUT2D eigenvalue weighted by molar-refractivity contribution is 7.92. The summed E-state index contributed by atoms with van der Waals surface area (Å²) in [5, 5.41) is 10.5. The number of hydrogen-bond donors (Lipinski definition) is 7. The quantitative estimate of drug-likeness (QED) is 0.0395. The normalized spacial score (nSPS) is 13.1. The highest BCUT2D eigenvalue weighted by Crippen LogP contribution is 2.43. The fraction of sp³-hybridized carbons (Fsp3) is 0.230. The van der Waals surface area contributed by atoms with Gasteiger partial charge in [-0.05, 0) is 205 Å². The number of aromatic nitrogens is 11. The summed E-state index contributed by atoms with van der Waals surface area (Å²) >= 11 is 0. The summed E-state index contributed by atoms with van der Waals surface area (Å²) in [6, 6.07) is 38.4. The fourth-order valence-corrected chi connectivity index (χ4v) is 16.2. The third-order valence-electron chi connectivity index (χ3n) is 19.8. The van der Waals surface area contributed by atoms with Crippen LogP contribution in [-0.4, -0.2) is 114 Å². The maximum absolute atomic E-state index is 13.5. The fourth-order valence-electron chi connectivity index (χ4n) is 14.3. The molecular formula is C87H87F2N13O15S3. The Morgan fingerprint density at radius 3 is 1.42 bits per heavy atom. The number of ether oxygens (including phenoxy) is 4. The van der Waals surface area contributed by atoms with E-state index in [0.29, 0.717) is 107 Å². The number of pyridine rings is 3. The number of sulfone groups is 1. The van der Waals surface area contributed by atoms with Crippen molar-refractivity contribution in [1.82, 2.24) is 52.5 Å². The largest absolute Gasteiger partial charge is 0.474 e. The number of halogens is 2. The molecule has 0 bridgehead atoms. The van der Waals surface area contributed by atoms with Crippen LogP contribution in [0.15, 0.2) is 221 Å². The van der Waals surface area contributed by atoms with Gasteiger partial charge in [0.1, 0.15) is 56.9 Å². The van der Waals surface area contributed by atoms with Gasteiger partial charge in [0.05, 0.1) is 75.8 Å². The molecule has 11 aromatic heterocycles. The second-order valence-electron chi connectivity index (χ2n) is 30.1. The van der Waals surface area contributed by atoms with Gasteiger partial charge in [0.15, 0.2) is 9.84 Å². The van der Waals surface area contributed by atoms with Crippen LogP contribution in [0.25, 0.3) is 67.1 Å². The molecule has 33 heteroatoms. The zero-order valence-electron chi connectivity index (χ0n) is 67.4. The van der Waals surface area contributed by atoms with Gasteiger partial charge in [0.2, 0.25) is 37.7 Å². The van der Waals surface area contributed by atoms with E-state index in [-0.39, 0.29) is 65.2 Å².